The molecule has 7 nitrogen and oxygen atoms in total. The highest BCUT2D eigenvalue weighted by atomic mass is 19.1. The van der Waals surface area contributed by atoms with Gasteiger partial charge < -0.3 is 20.3 Å². The van der Waals surface area contributed by atoms with Gasteiger partial charge in [-0.3, -0.25) is 4.98 Å². The van der Waals surface area contributed by atoms with Gasteiger partial charge in [-0.15, -0.1) is 0 Å². The lowest BCUT2D eigenvalue weighted by molar-refractivity contribution is 0.0598. The molecule has 3 N–H and O–H groups in total. The summed E-state index contributed by atoms with van der Waals surface area (Å²) in [5.41, 5.74) is 4.76. The number of aromatic carboxylic acids is 1. The van der Waals surface area contributed by atoms with Gasteiger partial charge in [-0.1, -0.05) is 13.8 Å². The van der Waals surface area contributed by atoms with Crippen LogP contribution in [0, 0.1) is 11.7 Å². The van der Waals surface area contributed by atoms with Crippen LogP contribution in [0.2, 0.25) is 0 Å². The van der Waals surface area contributed by atoms with Crippen LogP contribution in [0.15, 0.2) is 36.7 Å². The van der Waals surface area contributed by atoms with E-state index in [1.165, 1.54) is 30.6 Å². The van der Waals surface area contributed by atoms with Crippen LogP contribution in [0.1, 0.15) is 57.8 Å². The van der Waals surface area contributed by atoms with Crippen molar-refractivity contribution >= 4 is 12.1 Å². The van der Waals surface area contributed by atoms with Crippen molar-refractivity contribution in [2.24, 2.45) is 11.7 Å². The third-order valence-electron chi connectivity index (χ3n) is 3.88. The van der Waals surface area contributed by atoms with Crippen molar-refractivity contribution in [3.63, 3.8) is 0 Å². The Morgan fingerprint density at radius 3 is 2.35 bits per heavy atom. The lowest BCUT2D eigenvalue weighted by Crippen LogP contribution is -2.27. The maximum atomic E-state index is 14.3. The van der Waals surface area contributed by atoms with Crippen molar-refractivity contribution in [2.75, 3.05) is 6.61 Å². The van der Waals surface area contributed by atoms with E-state index in [-0.39, 0.29) is 11.1 Å². The Labute approximate surface area is 182 Å². The monoisotopic (exact) mass is 434 g/mol. The van der Waals surface area contributed by atoms with Gasteiger partial charge in [0.05, 0.1) is 12.2 Å². The first-order chi connectivity index (χ1) is 14.4. The number of hydrogen-bond donors (Lipinski definition) is 2. The first-order valence-electron chi connectivity index (χ1n) is 9.99. The number of nitrogens with zero attached hydrogens (tertiary/aromatic N) is 1. The number of aromatic nitrogens is 1. The number of benzene rings is 1. The van der Waals surface area contributed by atoms with Crippen LogP contribution in [0.25, 0.3) is 11.1 Å². The van der Waals surface area contributed by atoms with Crippen LogP contribution in [-0.2, 0) is 4.74 Å². The van der Waals surface area contributed by atoms with E-state index >= 15 is 0 Å². The number of nitrogens with two attached hydrogens (primary N) is 1. The molecule has 1 heterocycles. The lowest BCUT2D eigenvalue weighted by Gasteiger charge is -2.16. The van der Waals surface area contributed by atoms with Crippen LogP contribution in [-0.4, -0.2) is 34.4 Å². The van der Waals surface area contributed by atoms with Crippen LogP contribution in [0.5, 0.6) is 5.75 Å². The van der Waals surface area contributed by atoms with E-state index in [1.54, 1.807) is 26.8 Å². The fourth-order valence-corrected chi connectivity index (χ4v) is 2.59. The van der Waals surface area contributed by atoms with Gasteiger partial charge in [-0.2, -0.15) is 0 Å². The Morgan fingerprint density at radius 1 is 1.19 bits per heavy atom. The molecule has 0 bridgehead atoms. The van der Waals surface area contributed by atoms with Gasteiger partial charge in [0.2, 0.25) is 0 Å². The van der Waals surface area contributed by atoms with E-state index in [4.69, 9.17) is 10.5 Å². The van der Waals surface area contributed by atoms with Crippen LogP contribution >= 0.6 is 0 Å². The molecule has 0 saturated heterocycles. The number of carboxylic acid groups (broad SMARTS) is 1. The highest BCUT2D eigenvalue weighted by molar-refractivity contribution is 5.95. The van der Waals surface area contributed by atoms with Gasteiger partial charge in [-0.05, 0) is 57.7 Å². The van der Waals surface area contributed by atoms with Crippen molar-refractivity contribution in [3.8, 4) is 16.9 Å². The second-order valence-electron chi connectivity index (χ2n) is 8.29. The molecule has 0 aliphatic heterocycles. The SMILES string of the molecule is CC(C)(C)OC(N)=O.CC(C)CCCOc1ccc(-c2ccncc2C(=O)O)c(F)c1. The number of ether oxygens (including phenoxy) is 2. The molecule has 31 heavy (non-hydrogen) atoms. The molecule has 0 saturated carbocycles. The quantitative estimate of drug-likeness (QED) is 0.573. The lowest BCUT2D eigenvalue weighted by atomic mass is 10.0. The van der Waals surface area contributed by atoms with E-state index in [9.17, 15) is 19.1 Å². The van der Waals surface area contributed by atoms with E-state index in [0.717, 1.165) is 12.8 Å². The van der Waals surface area contributed by atoms with Crippen molar-refractivity contribution < 1.29 is 28.6 Å². The second kappa shape index (κ2) is 11.9. The van der Waals surface area contributed by atoms with Gasteiger partial charge in [0.1, 0.15) is 17.2 Å². The molecule has 8 heteroatoms. The van der Waals surface area contributed by atoms with Gasteiger partial charge in [-0.25, -0.2) is 14.0 Å². The molecular formula is C23H31FN2O5. The minimum Gasteiger partial charge on any atom is -0.493 e. The average Bonchev–Trinajstić information content (AvgIpc) is 2.63. The Hall–Kier alpha value is -3.16. The number of carbonyl (C=O) groups is 2. The number of carbonyl (C=O) groups excluding carboxylic acids is 1. The molecule has 0 fully saturated rings. The highest BCUT2D eigenvalue weighted by Crippen LogP contribution is 2.28. The molecule has 0 atom stereocenters. The predicted molar refractivity (Wildman–Crippen MR) is 117 cm³/mol. The number of amides is 1. The maximum absolute atomic E-state index is 14.3. The summed E-state index contributed by atoms with van der Waals surface area (Å²) in [6.45, 7) is 10.1. The first kappa shape index (κ1) is 25.9. The molecule has 2 rings (SSSR count). The Kier molecular flexibility index (Phi) is 9.92. The van der Waals surface area contributed by atoms with Crippen LogP contribution in [0.3, 0.4) is 0 Å². The number of carboxylic acids is 1. The Morgan fingerprint density at radius 2 is 1.87 bits per heavy atom. The number of rotatable bonds is 7. The van der Waals surface area contributed by atoms with E-state index in [0.29, 0.717) is 23.8 Å². The van der Waals surface area contributed by atoms with Gasteiger partial charge in [0, 0.05) is 29.6 Å². The van der Waals surface area contributed by atoms with Crippen LogP contribution in [0.4, 0.5) is 9.18 Å². The van der Waals surface area contributed by atoms with Crippen molar-refractivity contribution in [1.82, 2.24) is 4.98 Å². The zero-order valence-electron chi connectivity index (χ0n) is 18.6. The van der Waals surface area contributed by atoms with Crippen molar-refractivity contribution in [1.29, 1.82) is 0 Å². The molecular weight excluding hydrogens is 403 g/mol. The summed E-state index contributed by atoms with van der Waals surface area (Å²) in [5.74, 6) is -0.596. The third kappa shape index (κ3) is 9.93. The standard InChI is InChI=1S/C18H20FNO3.C5H11NO2/c1-12(2)4-3-9-23-13-5-6-15(17(19)10-13)14-7-8-20-11-16(14)18(21)22;1-5(2,3)8-4(6)7/h5-8,10-12H,3-4,9H2,1-2H3,(H,21,22);1-3H3,(H2,6,7). The molecule has 0 radical (unpaired) electrons. The summed E-state index contributed by atoms with van der Waals surface area (Å²) in [6, 6.07) is 5.97. The second-order valence-corrected chi connectivity index (χ2v) is 8.29. The van der Waals surface area contributed by atoms with E-state index < -0.39 is 23.5 Å². The minimum atomic E-state index is -1.14. The molecule has 170 valence electrons. The summed E-state index contributed by atoms with van der Waals surface area (Å²) < 4.78 is 24.4. The van der Waals surface area contributed by atoms with Crippen LogP contribution < -0.4 is 10.5 Å². The highest BCUT2D eigenvalue weighted by Gasteiger charge is 2.15. The summed E-state index contributed by atoms with van der Waals surface area (Å²) in [4.78, 5) is 25.0. The number of pyridine rings is 1. The minimum absolute atomic E-state index is 0.0306. The fourth-order valence-electron chi connectivity index (χ4n) is 2.59. The molecule has 0 aliphatic carbocycles. The summed E-state index contributed by atoms with van der Waals surface area (Å²) in [5, 5.41) is 9.17. The summed E-state index contributed by atoms with van der Waals surface area (Å²) in [6.07, 6.45) is 3.90. The van der Waals surface area contributed by atoms with E-state index in [1.807, 2.05) is 0 Å². The molecule has 1 amide bonds. The number of halogens is 1. The van der Waals surface area contributed by atoms with Gasteiger partial charge >= 0.3 is 12.1 Å². The zero-order chi connectivity index (χ0) is 23.6. The molecule has 0 unspecified atom stereocenters. The largest absolute Gasteiger partial charge is 0.493 e. The van der Waals surface area contributed by atoms with Gasteiger partial charge in [0.15, 0.2) is 0 Å². The molecule has 0 aliphatic rings. The van der Waals surface area contributed by atoms with Crippen molar-refractivity contribution in [2.45, 2.75) is 53.1 Å². The molecule has 1 aromatic carbocycles. The molecule has 1 aromatic heterocycles. The third-order valence-corrected chi connectivity index (χ3v) is 3.88. The van der Waals surface area contributed by atoms with Crippen molar-refractivity contribution in [3.05, 3.63) is 48.0 Å². The fraction of sp³-hybridized carbons (Fsp3) is 0.435. The predicted octanol–water partition coefficient (Wildman–Crippen LogP) is 5.28. The zero-order valence-corrected chi connectivity index (χ0v) is 18.6. The average molecular weight is 435 g/mol. The van der Waals surface area contributed by atoms with Gasteiger partial charge in [0.25, 0.3) is 0 Å². The smallest absolute Gasteiger partial charge is 0.405 e. The Balaban J connectivity index is 0.000000512. The van der Waals surface area contributed by atoms with E-state index in [2.05, 4.69) is 23.6 Å². The molecule has 0 spiro atoms. The Bertz CT molecular complexity index is 879. The summed E-state index contributed by atoms with van der Waals surface area (Å²) >= 11 is 0. The normalized spacial score (nSPS) is 10.8. The summed E-state index contributed by atoms with van der Waals surface area (Å²) in [7, 11) is 0. The first-order valence-corrected chi connectivity index (χ1v) is 9.99. The molecule has 2 aromatic rings. The maximum Gasteiger partial charge on any atom is 0.405 e. The topological polar surface area (TPSA) is 112 Å². The number of hydrogen-bond acceptors (Lipinski definition) is 5. The number of primary amides is 1.